The maximum absolute atomic E-state index is 12.7. The lowest BCUT2D eigenvalue weighted by molar-refractivity contribution is -0.126. The van der Waals surface area contributed by atoms with Crippen molar-refractivity contribution in [2.75, 3.05) is 33.4 Å². The second kappa shape index (κ2) is 9.45. The van der Waals surface area contributed by atoms with Gasteiger partial charge in [-0.2, -0.15) is 5.10 Å². The Bertz CT molecular complexity index is 573. The van der Waals surface area contributed by atoms with Gasteiger partial charge >= 0.3 is 0 Å². The number of hydrogen-bond donors (Lipinski definition) is 3. The van der Waals surface area contributed by atoms with Gasteiger partial charge in [-0.25, -0.2) is 0 Å². The van der Waals surface area contributed by atoms with E-state index in [0.717, 1.165) is 63.4 Å². The fraction of sp³-hybridized carbons (Fsp3) is 0.778. The zero-order valence-corrected chi connectivity index (χ0v) is 15.6. The Hall–Kier alpha value is -1.48. The molecule has 1 aromatic rings. The predicted octanol–water partition coefficient (Wildman–Crippen LogP) is 0.391. The van der Waals surface area contributed by atoms with Gasteiger partial charge in [0.25, 0.3) is 0 Å². The molecule has 2 atom stereocenters. The third-order valence-corrected chi connectivity index (χ3v) is 5.32. The molecule has 0 saturated carbocycles. The number of amides is 1. The van der Waals surface area contributed by atoms with Crippen LogP contribution in [-0.4, -0.2) is 66.5 Å². The summed E-state index contributed by atoms with van der Waals surface area (Å²) in [6.07, 6.45) is 3.78. The largest absolute Gasteiger partial charge is 0.381 e. The molecule has 3 rings (SSSR count). The summed E-state index contributed by atoms with van der Waals surface area (Å²) in [4.78, 5) is 15.1. The van der Waals surface area contributed by atoms with Gasteiger partial charge in [-0.05, 0) is 31.7 Å². The summed E-state index contributed by atoms with van der Waals surface area (Å²) in [6.45, 7) is 4.17. The Balaban J connectivity index is 1.54. The molecule has 0 unspecified atom stereocenters. The van der Waals surface area contributed by atoms with Gasteiger partial charge in [0.2, 0.25) is 5.91 Å². The van der Waals surface area contributed by atoms with E-state index in [4.69, 9.17) is 15.2 Å². The summed E-state index contributed by atoms with van der Waals surface area (Å²) in [5, 5.41) is 10.1. The van der Waals surface area contributed by atoms with Crippen LogP contribution in [0.4, 0.5) is 0 Å². The quantitative estimate of drug-likeness (QED) is 0.673. The standard InChI is InChI=1S/C18H31N5O3/c1-25-12-16-8-15(21-22-16)9-20-18(24)13-2-3-14(19)11-23(10-13)17-4-6-26-7-5-17/h8,13-14,17H,2-7,9-12,19H2,1H3,(H,20,24)(H,21,22)/t13-,14+/m1/s1. The summed E-state index contributed by atoms with van der Waals surface area (Å²) in [6, 6.07) is 2.54. The van der Waals surface area contributed by atoms with E-state index in [0.29, 0.717) is 19.2 Å². The molecule has 3 heterocycles. The zero-order valence-electron chi connectivity index (χ0n) is 15.6. The Kier molecular flexibility index (Phi) is 7.01. The lowest BCUT2D eigenvalue weighted by Gasteiger charge is -2.35. The maximum Gasteiger partial charge on any atom is 0.224 e. The number of carbonyl (C=O) groups is 1. The molecule has 0 bridgehead atoms. The van der Waals surface area contributed by atoms with Crippen molar-refractivity contribution in [1.29, 1.82) is 0 Å². The van der Waals surface area contributed by atoms with E-state index in [1.807, 2.05) is 6.07 Å². The Morgan fingerprint density at radius 2 is 2.19 bits per heavy atom. The molecule has 2 saturated heterocycles. The van der Waals surface area contributed by atoms with Crippen molar-refractivity contribution < 1.29 is 14.3 Å². The molecule has 8 nitrogen and oxygen atoms in total. The fourth-order valence-corrected chi connectivity index (χ4v) is 3.87. The van der Waals surface area contributed by atoms with Crippen molar-refractivity contribution >= 4 is 5.91 Å². The van der Waals surface area contributed by atoms with E-state index in [1.54, 1.807) is 7.11 Å². The average Bonchev–Trinajstić information content (AvgIpc) is 3.01. The fourth-order valence-electron chi connectivity index (χ4n) is 3.87. The van der Waals surface area contributed by atoms with Crippen molar-refractivity contribution in [3.63, 3.8) is 0 Å². The van der Waals surface area contributed by atoms with Crippen molar-refractivity contribution in [3.8, 4) is 0 Å². The van der Waals surface area contributed by atoms with E-state index >= 15 is 0 Å². The number of nitrogens with one attached hydrogen (secondary N) is 2. The molecule has 26 heavy (non-hydrogen) atoms. The molecule has 2 fully saturated rings. The third-order valence-electron chi connectivity index (χ3n) is 5.32. The van der Waals surface area contributed by atoms with Crippen LogP contribution >= 0.6 is 0 Å². The molecule has 0 spiro atoms. The summed E-state index contributed by atoms with van der Waals surface area (Å²) in [7, 11) is 1.64. The highest BCUT2D eigenvalue weighted by Gasteiger charge is 2.31. The number of rotatable bonds is 6. The topological polar surface area (TPSA) is 105 Å². The third kappa shape index (κ3) is 5.26. The Morgan fingerprint density at radius 1 is 1.38 bits per heavy atom. The Morgan fingerprint density at radius 3 is 2.96 bits per heavy atom. The first-order valence-electron chi connectivity index (χ1n) is 9.53. The van der Waals surface area contributed by atoms with Crippen LogP contribution < -0.4 is 11.1 Å². The highest BCUT2D eigenvalue weighted by molar-refractivity contribution is 5.78. The molecule has 0 aliphatic carbocycles. The number of aromatic amines is 1. The van der Waals surface area contributed by atoms with E-state index in [-0.39, 0.29) is 17.9 Å². The van der Waals surface area contributed by atoms with Gasteiger partial charge < -0.3 is 20.5 Å². The van der Waals surface area contributed by atoms with Crippen LogP contribution in [0.5, 0.6) is 0 Å². The van der Waals surface area contributed by atoms with E-state index in [2.05, 4.69) is 20.4 Å². The van der Waals surface area contributed by atoms with E-state index in [1.165, 1.54) is 0 Å². The van der Waals surface area contributed by atoms with Crippen molar-refractivity contribution in [1.82, 2.24) is 20.4 Å². The SMILES string of the molecule is COCc1cc(CNC(=O)[C@@H]2CC[C@H](N)CN(C3CCOCC3)C2)[nH]n1. The second-order valence-corrected chi connectivity index (χ2v) is 7.37. The molecule has 1 aromatic heterocycles. The average molecular weight is 365 g/mol. The van der Waals surface area contributed by atoms with Crippen LogP contribution in [0, 0.1) is 5.92 Å². The first-order valence-corrected chi connectivity index (χ1v) is 9.53. The van der Waals surface area contributed by atoms with Gasteiger partial charge in [0, 0.05) is 45.5 Å². The molecule has 1 amide bonds. The van der Waals surface area contributed by atoms with Gasteiger partial charge in [0.15, 0.2) is 0 Å². The van der Waals surface area contributed by atoms with Crippen LogP contribution in [0.2, 0.25) is 0 Å². The normalized spacial score (nSPS) is 25.8. The number of nitrogens with two attached hydrogens (primary N) is 1. The Labute approximate surface area is 154 Å². The maximum atomic E-state index is 12.7. The molecular weight excluding hydrogens is 334 g/mol. The molecule has 2 aliphatic rings. The summed E-state index contributed by atoms with van der Waals surface area (Å²) >= 11 is 0. The number of likely N-dealkylation sites (tertiary alicyclic amines) is 1. The zero-order chi connectivity index (χ0) is 18.4. The highest BCUT2D eigenvalue weighted by atomic mass is 16.5. The highest BCUT2D eigenvalue weighted by Crippen LogP contribution is 2.22. The van der Waals surface area contributed by atoms with Crippen LogP contribution in [0.1, 0.15) is 37.1 Å². The van der Waals surface area contributed by atoms with Crippen molar-refractivity contribution in [3.05, 3.63) is 17.5 Å². The first kappa shape index (κ1) is 19.3. The number of ether oxygens (including phenoxy) is 2. The molecule has 2 aliphatic heterocycles. The number of hydrogen-bond acceptors (Lipinski definition) is 6. The predicted molar refractivity (Wildman–Crippen MR) is 97.3 cm³/mol. The number of methoxy groups -OCH3 is 1. The molecular formula is C18H31N5O3. The van der Waals surface area contributed by atoms with Crippen LogP contribution in [0.25, 0.3) is 0 Å². The molecule has 4 N–H and O–H groups in total. The molecule has 0 aromatic carbocycles. The number of H-pyrrole nitrogens is 1. The minimum atomic E-state index is -0.0206. The minimum absolute atomic E-state index is 0.0206. The number of nitrogens with zero attached hydrogens (tertiary/aromatic N) is 2. The summed E-state index contributed by atoms with van der Waals surface area (Å²) < 4.78 is 10.5. The van der Waals surface area contributed by atoms with Gasteiger partial charge in [0.1, 0.15) is 0 Å². The number of aromatic nitrogens is 2. The molecule has 8 heteroatoms. The van der Waals surface area contributed by atoms with Crippen LogP contribution in [0.3, 0.4) is 0 Å². The summed E-state index contributed by atoms with van der Waals surface area (Å²) in [5.41, 5.74) is 7.98. The van der Waals surface area contributed by atoms with Crippen molar-refractivity contribution in [2.24, 2.45) is 11.7 Å². The van der Waals surface area contributed by atoms with Crippen LogP contribution in [-0.2, 0) is 27.4 Å². The minimum Gasteiger partial charge on any atom is -0.381 e. The van der Waals surface area contributed by atoms with Gasteiger partial charge in [-0.15, -0.1) is 0 Å². The smallest absolute Gasteiger partial charge is 0.224 e. The van der Waals surface area contributed by atoms with Crippen LogP contribution in [0.15, 0.2) is 6.07 Å². The molecule has 146 valence electrons. The lowest BCUT2D eigenvalue weighted by Crippen LogP contribution is -2.47. The molecule has 0 radical (unpaired) electrons. The van der Waals surface area contributed by atoms with E-state index in [9.17, 15) is 4.79 Å². The van der Waals surface area contributed by atoms with Crippen molar-refractivity contribution in [2.45, 2.75) is 50.9 Å². The first-order chi connectivity index (χ1) is 12.7. The lowest BCUT2D eigenvalue weighted by atomic mass is 10.0. The summed E-state index contributed by atoms with van der Waals surface area (Å²) in [5.74, 6) is 0.0758. The van der Waals surface area contributed by atoms with Gasteiger partial charge in [-0.1, -0.05) is 0 Å². The van der Waals surface area contributed by atoms with E-state index < -0.39 is 0 Å². The monoisotopic (exact) mass is 365 g/mol. The number of carbonyl (C=O) groups excluding carboxylic acids is 1. The van der Waals surface area contributed by atoms with Gasteiger partial charge in [0.05, 0.1) is 30.5 Å². The van der Waals surface area contributed by atoms with Gasteiger partial charge in [-0.3, -0.25) is 14.8 Å². The second-order valence-electron chi connectivity index (χ2n) is 7.37.